The number of halogens is 1. The summed E-state index contributed by atoms with van der Waals surface area (Å²) in [5, 5.41) is 9.73. The van der Waals surface area contributed by atoms with E-state index in [9.17, 15) is 0 Å². The molecule has 14 heavy (non-hydrogen) atoms. The first-order chi connectivity index (χ1) is 6.59. The summed E-state index contributed by atoms with van der Waals surface area (Å²) in [6.07, 6.45) is 0.517. The van der Waals surface area contributed by atoms with E-state index in [-0.39, 0.29) is 6.10 Å². The molecule has 78 valence electrons. The van der Waals surface area contributed by atoms with Crippen LogP contribution in [0.1, 0.15) is 13.3 Å². The number of aliphatic hydroxyl groups excluding tert-OH is 1. The Balaban J connectivity index is 2.51. The molecule has 0 heterocycles. The van der Waals surface area contributed by atoms with Gasteiger partial charge in [0.1, 0.15) is 0 Å². The quantitative estimate of drug-likeness (QED) is 0.619. The molecular weight excluding hydrogens is 218 g/mol. The molecule has 0 aliphatic rings. The molecule has 0 radical (unpaired) electrons. The molecular formula is C10H14ClNOS. The van der Waals surface area contributed by atoms with Gasteiger partial charge in [0.2, 0.25) is 0 Å². The molecule has 1 rings (SSSR count). The van der Waals surface area contributed by atoms with Crippen LogP contribution in [0.3, 0.4) is 0 Å². The Morgan fingerprint density at radius 1 is 1.57 bits per heavy atom. The van der Waals surface area contributed by atoms with Crippen LogP contribution in [0.2, 0.25) is 5.02 Å². The number of benzene rings is 1. The van der Waals surface area contributed by atoms with E-state index in [0.717, 1.165) is 17.1 Å². The number of thioether (sulfide) groups is 1. The van der Waals surface area contributed by atoms with E-state index in [1.807, 2.05) is 12.1 Å². The highest BCUT2D eigenvalue weighted by Gasteiger charge is 2.02. The van der Waals surface area contributed by atoms with Crippen molar-refractivity contribution in [2.75, 3.05) is 11.5 Å². The van der Waals surface area contributed by atoms with Gasteiger partial charge in [0, 0.05) is 21.4 Å². The predicted octanol–water partition coefficient (Wildman–Crippen LogP) is 2.79. The second-order valence-electron chi connectivity index (χ2n) is 3.17. The van der Waals surface area contributed by atoms with Crippen LogP contribution in [-0.2, 0) is 0 Å². The first kappa shape index (κ1) is 11.7. The first-order valence-corrected chi connectivity index (χ1v) is 5.82. The third kappa shape index (κ3) is 3.78. The third-order valence-corrected chi connectivity index (χ3v) is 3.12. The zero-order chi connectivity index (χ0) is 10.6. The van der Waals surface area contributed by atoms with E-state index in [2.05, 4.69) is 0 Å². The molecule has 0 amide bonds. The summed E-state index contributed by atoms with van der Waals surface area (Å²) in [6.45, 7) is 1.78. The molecule has 0 aromatic heterocycles. The van der Waals surface area contributed by atoms with Crippen LogP contribution in [-0.4, -0.2) is 17.0 Å². The van der Waals surface area contributed by atoms with E-state index in [1.165, 1.54) is 0 Å². The van der Waals surface area contributed by atoms with Crippen molar-refractivity contribution in [1.29, 1.82) is 0 Å². The van der Waals surface area contributed by atoms with Crippen molar-refractivity contribution >= 4 is 29.1 Å². The zero-order valence-electron chi connectivity index (χ0n) is 8.03. The van der Waals surface area contributed by atoms with Crippen LogP contribution in [0.25, 0.3) is 0 Å². The average Bonchev–Trinajstić information content (AvgIpc) is 2.08. The van der Waals surface area contributed by atoms with Gasteiger partial charge in [0.15, 0.2) is 0 Å². The first-order valence-electron chi connectivity index (χ1n) is 4.45. The van der Waals surface area contributed by atoms with Crippen molar-refractivity contribution in [3.8, 4) is 0 Å². The summed E-state index contributed by atoms with van der Waals surface area (Å²) in [7, 11) is 0. The van der Waals surface area contributed by atoms with Gasteiger partial charge < -0.3 is 10.8 Å². The van der Waals surface area contributed by atoms with Gasteiger partial charge >= 0.3 is 0 Å². The Morgan fingerprint density at radius 3 is 2.86 bits per heavy atom. The van der Waals surface area contributed by atoms with E-state index >= 15 is 0 Å². The lowest BCUT2D eigenvalue weighted by Gasteiger charge is -2.06. The van der Waals surface area contributed by atoms with Gasteiger partial charge in [-0.3, -0.25) is 0 Å². The monoisotopic (exact) mass is 231 g/mol. The van der Waals surface area contributed by atoms with E-state index in [0.29, 0.717) is 10.7 Å². The molecule has 0 spiro atoms. The Bertz CT molecular complexity index is 304. The molecule has 0 aliphatic heterocycles. The van der Waals surface area contributed by atoms with Crippen molar-refractivity contribution in [2.45, 2.75) is 24.3 Å². The summed E-state index contributed by atoms with van der Waals surface area (Å²) >= 11 is 7.41. The van der Waals surface area contributed by atoms with Crippen molar-refractivity contribution < 1.29 is 5.11 Å². The normalized spacial score (nSPS) is 12.8. The summed E-state index contributed by atoms with van der Waals surface area (Å²) in [4.78, 5) is 1.02. The van der Waals surface area contributed by atoms with E-state index < -0.39 is 0 Å². The minimum Gasteiger partial charge on any atom is -0.398 e. The summed E-state index contributed by atoms with van der Waals surface area (Å²) in [5.74, 6) is 0.865. The van der Waals surface area contributed by atoms with Crippen LogP contribution in [0, 0.1) is 0 Å². The highest BCUT2D eigenvalue weighted by Crippen LogP contribution is 2.28. The summed E-state index contributed by atoms with van der Waals surface area (Å²) in [6, 6.07) is 5.47. The molecule has 1 atom stereocenters. The van der Waals surface area contributed by atoms with Crippen LogP contribution < -0.4 is 5.73 Å². The highest BCUT2D eigenvalue weighted by molar-refractivity contribution is 7.99. The maximum absolute atomic E-state index is 9.08. The summed E-state index contributed by atoms with van der Waals surface area (Å²) < 4.78 is 0. The molecule has 0 saturated carbocycles. The van der Waals surface area contributed by atoms with Gasteiger partial charge in [-0.2, -0.15) is 0 Å². The lowest BCUT2D eigenvalue weighted by molar-refractivity contribution is 0.192. The van der Waals surface area contributed by atoms with Crippen molar-refractivity contribution in [3.63, 3.8) is 0 Å². The Hall–Kier alpha value is -0.380. The maximum Gasteiger partial charge on any atom is 0.0520 e. The summed E-state index contributed by atoms with van der Waals surface area (Å²) in [5.41, 5.74) is 6.47. The Labute approximate surface area is 93.5 Å². The van der Waals surface area contributed by atoms with Crippen LogP contribution >= 0.6 is 23.4 Å². The van der Waals surface area contributed by atoms with Crippen molar-refractivity contribution in [2.24, 2.45) is 0 Å². The third-order valence-electron chi connectivity index (χ3n) is 1.77. The minimum absolute atomic E-state index is 0.254. The zero-order valence-corrected chi connectivity index (χ0v) is 9.61. The minimum atomic E-state index is -0.254. The second kappa shape index (κ2) is 5.49. The van der Waals surface area contributed by atoms with Gasteiger partial charge in [-0.05, 0) is 31.5 Å². The van der Waals surface area contributed by atoms with Crippen LogP contribution in [0.4, 0.5) is 5.69 Å². The van der Waals surface area contributed by atoms with Crippen LogP contribution in [0.15, 0.2) is 23.1 Å². The molecule has 2 nitrogen and oxygen atoms in total. The SMILES string of the molecule is CC(O)CCSc1ccc(Cl)cc1N. The Morgan fingerprint density at radius 2 is 2.29 bits per heavy atom. The molecule has 0 fully saturated rings. The molecule has 1 aromatic carbocycles. The van der Waals surface area contributed by atoms with E-state index in [1.54, 1.807) is 24.8 Å². The molecule has 0 saturated heterocycles. The average molecular weight is 232 g/mol. The smallest absolute Gasteiger partial charge is 0.0520 e. The maximum atomic E-state index is 9.08. The lowest BCUT2D eigenvalue weighted by atomic mass is 10.3. The highest BCUT2D eigenvalue weighted by atomic mass is 35.5. The number of nitrogen functional groups attached to an aromatic ring is 1. The fraction of sp³-hybridized carbons (Fsp3) is 0.400. The van der Waals surface area contributed by atoms with Gasteiger partial charge in [-0.25, -0.2) is 0 Å². The molecule has 4 heteroatoms. The lowest BCUT2D eigenvalue weighted by Crippen LogP contribution is -2.00. The molecule has 1 aromatic rings. The van der Waals surface area contributed by atoms with Crippen molar-refractivity contribution in [3.05, 3.63) is 23.2 Å². The van der Waals surface area contributed by atoms with Gasteiger partial charge in [0.25, 0.3) is 0 Å². The molecule has 3 N–H and O–H groups in total. The molecule has 1 unspecified atom stereocenters. The van der Waals surface area contributed by atoms with Gasteiger partial charge in [-0.15, -0.1) is 11.8 Å². The largest absolute Gasteiger partial charge is 0.398 e. The number of hydrogen-bond acceptors (Lipinski definition) is 3. The predicted molar refractivity (Wildman–Crippen MR) is 62.9 cm³/mol. The molecule has 0 bridgehead atoms. The number of anilines is 1. The fourth-order valence-corrected chi connectivity index (χ4v) is 2.24. The fourth-order valence-electron chi connectivity index (χ4n) is 0.990. The standard InChI is InChI=1S/C10H14ClNOS/c1-7(13)4-5-14-10-3-2-8(11)6-9(10)12/h2-3,6-7,13H,4-5,12H2,1H3. The van der Waals surface area contributed by atoms with Crippen molar-refractivity contribution in [1.82, 2.24) is 0 Å². The Kier molecular flexibility index (Phi) is 4.58. The number of nitrogens with two attached hydrogens (primary N) is 1. The molecule has 0 aliphatic carbocycles. The topological polar surface area (TPSA) is 46.2 Å². The second-order valence-corrected chi connectivity index (χ2v) is 4.74. The van der Waals surface area contributed by atoms with Crippen LogP contribution in [0.5, 0.6) is 0 Å². The van der Waals surface area contributed by atoms with Gasteiger partial charge in [0.05, 0.1) is 6.10 Å². The number of rotatable bonds is 4. The number of hydrogen-bond donors (Lipinski definition) is 2. The van der Waals surface area contributed by atoms with Gasteiger partial charge in [-0.1, -0.05) is 11.6 Å². The number of aliphatic hydroxyl groups is 1. The van der Waals surface area contributed by atoms with E-state index in [4.69, 9.17) is 22.4 Å².